The van der Waals surface area contributed by atoms with Gasteiger partial charge < -0.3 is 0 Å². The van der Waals surface area contributed by atoms with Crippen molar-refractivity contribution in [3.63, 3.8) is 0 Å². The molecular weight excluding hydrogens is 240 g/mol. The Morgan fingerprint density at radius 1 is 1.27 bits per heavy atom. The normalized spacial score (nSPS) is 17.9. The van der Waals surface area contributed by atoms with Gasteiger partial charge in [0.05, 0.1) is 4.24 Å². The molecule has 0 saturated heterocycles. The molecule has 0 spiro atoms. The molecule has 0 radical (unpaired) electrons. The van der Waals surface area contributed by atoms with Gasteiger partial charge in [-0.1, -0.05) is 66.1 Å². The summed E-state index contributed by atoms with van der Waals surface area (Å²) in [4.78, 5) is 2.25. The molecule has 0 amide bonds. The van der Waals surface area contributed by atoms with E-state index in [0.29, 0.717) is 0 Å². The maximum absolute atomic E-state index is 5.06. The first-order chi connectivity index (χ1) is 7.25. The van der Waals surface area contributed by atoms with Crippen molar-refractivity contribution >= 4 is 45.5 Å². The second-order valence-corrected chi connectivity index (χ2v) is 6.04. The largest absolute Gasteiger partial charge is 0.0895 e. The molecule has 76 valence electrons. The van der Waals surface area contributed by atoms with Crippen molar-refractivity contribution in [1.29, 1.82) is 0 Å². The third-order valence-electron chi connectivity index (χ3n) is 1.87. The summed E-state index contributed by atoms with van der Waals surface area (Å²) in [5.74, 6) is 0. The van der Waals surface area contributed by atoms with Crippen LogP contribution in [-0.4, -0.2) is 4.86 Å². The zero-order chi connectivity index (χ0) is 10.7. The monoisotopic (exact) mass is 250 g/mol. The molecule has 0 aromatic heterocycles. The van der Waals surface area contributed by atoms with E-state index in [9.17, 15) is 0 Å². The fraction of sp³-hybridized carbons (Fsp3) is 0.0833. The number of allylic oxidation sites excluding steroid dienone is 1. The van der Waals surface area contributed by atoms with Crippen LogP contribution in [0.5, 0.6) is 0 Å². The lowest BCUT2D eigenvalue weighted by Gasteiger charge is -1.99. The number of hydrogen-bond acceptors (Lipinski definition) is 3. The van der Waals surface area contributed by atoms with E-state index in [-0.39, 0.29) is 0 Å². The number of thioether (sulfide) groups is 2. The number of rotatable bonds is 2. The van der Waals surface area contributed by atoms with Crippen LogP contribution >= 0.6 is 35.7 Å². The maximum Gasteiger partial charge on any atom is 0.0504 e. The van der Waals surface area contributed by atoms with E-state index in [1.165, 1.54) is 14.7 Å². The predicted molar refractivity (Wildman–Crippen MR) is 76.0 cm³/mol. The lowest BCUT2D eigenvalue weighted by molar-refractivity contribution is 1.66. The number of benzene rings is 1. The Balaban J connectivity index is 2.14. The fourth-order valence-electron chi connectivity index (χ4n) is 1.23. The summed E-state index contributed by atoms with van der Waals surface area (Å²) < 4.78 is 1.27. The van der Waals surface area contributed by atoms with E-state index in [4.69, 9.17) is 12.2 Å². The predicted octanol–water partition coefficient (Wildman–Crippen LogP) is 4.70. The third kappa shape index (κ3) is 2.97. The van der Waals surface area contributed by atoms with E-state index < -0.39 is 0 Å². The molecule has 0 nitrogen and oxygen atoms in total. The molecule has 0 aliphatic carbocycles. The Morgan fingerprint density at radius 2 is 2.00 bits per heavy atom. The van der Waals surface area contributed by atoms with E-state index in [1.807, 2.05) is 13.0 Å². The van der Waals surface area contributed by atoms with Crippen molar-refractivity contribution in [2.24, 2.45) is 0 Å². The van der Waals surface area contributed by atoms with Crippen LogP contribution in [0.1, 0.15) is 12.5 Å². The first-order valence-corrected chi connectivity index (χ1v) is 6.68. The van der Waals surface area contributed by atoms with Crippen LogP contribution in [-0.2, 0) is 0 Å². The van der Waals surface area contributed by atoms with Gasteiger partial charge in [0.1, 0.15) is 0 Å². The minimum atomic E-state index is 0.938. The van der Waals surface area contributed by atoms with Gasteiger partial charge in [0, 0.05) is 9.77 Å². The lowest BCUT2D eigenvalue weighted by Crippen LogP contribution is -1.77. The standard InChI is InChI=1S/C12H10S3/c1-9(13)7-12-14-8-11(15-12)10-5-3-2-4-6-10/h2-8H,1H3/b12-7+. The molecule has 15 heavy (non-hydrogen) atoms. The van der Waals surface area contributed by atoms with E-state index in [0.717, 1.165) is 4.86 Å². The van der Waals surface area contributed by atoms with Gasteiger partial charge in [-0.05, 0) is 24.0 Å². The van der Waals surface area contributed by atoms with E-state index in [2.05, 4.69) is 35.7 Å². The van der Waals surface area contributed by atoms with Gasteiger partial charge in [0.25, 0.3) is 0 Å². The number of thiocarbonyl (C=S) groups is 1. The average molecular weight is 250 g/mol. The summed E-state index contributed by atoms with van der Waals surface area (Å²) in [6, 6.07) is 10.4. The minimum absolute atomic E-state index is 0.938. The molecule has 0 saturated carbocycles. The molecule has 0 unspecified atom stereocenters. The average Bonchev–Trinajstić information content (AvgIpc) is 2.67. The molecule has 1 heterocycles. The molecule has 1 aromatic carbocycles. The van der Waals surface area contributed by atoms with Gasteiger partial charge in [0.15, 0.2) is 0 Å². The summed E-state index contributed by atoms with van der Waals surface area (Å²) >= 11 is 8.60. The fourth-order valence-corrected chi connectivity index (χ4v) is 3.75. The summed E-state index contributed by atoms with van der Waals surface area (Å²) in [7, 11) is 0. The molecular formula is C12H10S3. The first-order valence-electron chi connectivity index (χ1n) is 4.58. The first kappa shape index (κ1) is 11.0. The van der Waals surface area contributed by atoms with Gasteiger partial charge in [-0.25, -0.2) is 0 Å². The molecule has 1 aliphatic heterocycles. The van der Waals surface area contributed by atoms with Gasteiger partial charge >= 0.3 is 0 Å². The minimum Gasteiger partial charge on any atom is -0.0895 e. The van der Waals surface area contributed by atoms with Crippen LogP contribution < -0.4 is 0 Å². The zero-order valence-electron chi connectivity index (χ0n) is 8.27. The second-order valence-electron chi connectivity index (χ2n) is 3.14. The van der Waals surface area contributed by atoms with E-state index >= 15 is 0 Å². The summed E-state index contributed by atoms with van der Waals surface area (Å²) in [6.45, 7) is 1.95. The van der Waals surface area contributed by atoms with Crippen molar-refractivity contribution in [1.82, 2.24) is 0 Å². The smallest absolute Gasteiger partial charge is 0.0504 e. The van der Waals surface area contributed by atoms with Gasteiger partial charge in [-0.2, -0.15) is 0 Å². The molecule has 1 aromatic rings. The van der Waals surface area contributed by atoms with Crippen molar-refractivity contribution < 1.29 is 0 Å². The highest BCUT2D eigenvalue weighted by Gasteiger charge is 2.13. The highest BCUT2D eigenvalue weighted by atomic mass is 32.2. The van der Waals surface area contributed by atoms with Crippen LogP contribution in [0, 0.1) is 0 Å². The Labute approximate surface area is 104 Å². The third-order valence-corrected chi connectivity index (χ3v) is 4.27. The molecule has 3 heteroatoms. The van der Waals surface area contributed by atoms with Gasteiger partial charge in [0.2, 0.25) is 0 Å². The maximum atomic E-state index is 5.06. The van der Waals surface area contributed by atoms with Crippen LogP contribution in [0.15, 0.2) is 46.1 Å². The molecule has 0 bridgehead atoms. The van der Waals surface area contributed by atoms with E-state index in [1.54, 1.807) is 23.5 Å². The summed E-state index contributed by atoms with van der Waals surface area (Å²) in [6.07, 6.45) is 2.05. The number of hydrogen-bond donors (Lipinski definition) is 0. The van der Waals surface area contributed by atoms with Crippen molar-refractivity contribution in [3.8, 4) is 0 Å². The zero-order valence-corrected chi connectivity index (χ0v) is 10.7. The second kappa shape index (κ2) is 5.01. The Morgan fingerprint density at radius 3 is 2.67 bits per heavy atom. The summed E-state index contributed by atoms with van der Waals surface area (Å²) in [5.41, 5.74) is 1.28. The Hall–Kier alpha value is -0.510. The Bertz CT molecular complexity index is 429. The quantitative estimate of drug-likeness (QED) is 0.552. The van der Waals surface area contributed by atoms with Gasteiger partial charge in [-0.15, -0.1) is 0 Å². The van der Waals surface area contributed by atoms with Crippen molar-refractivity contribution in [2.75, 3.05) is 0 Å². The highest BCUT2D eigenvalue weighted by Crippen LogP contribution is 2.48. The van der Waals surface area contributed by atoms with Crippen LogP contribution in [0.2, 0.25) is 0 Å². The van der Waals surface area contributed by atoms with Crippen LogP contribution in [0.25, 0.3) is 4.91 Å². The van der Waals surface area contributed by atoms with Crippen LogP contribution in [0.4, 0.5) is 0 Å². The molecule has 0 N–H and O–H groups in total. The summed E-state index contributed by atoms with van der Waals surface area (Å²) in [5, 5.41) is 2.18. The lowest BCUT2D eigenvalue weighted by atomic mass is 10.2. The van der Waals surface area contributed by atoms with Crippen molar-refractivity contribution in [3.05, 3.63) is 51.6 Å². The van der Waals surface area contributed by atoms with Crippen molar-refractivity contribution in [2.45, 2.75) is 6.92 Å². The molecule has 0 atom stereocenters. The van der Waals surface area contributed by atoms with Crippen LogP contribution in [0.3, 0.4) is 0 Å². The highest BCUT2D eigenvalue weighted by molar-refractivity contribution is 8.31. The molecule has 0 fully saturated rings. The molecule has 1 aliphatic rings. The SMILES string of the molecule is CC(=S)/C=C1\SC=C(c2ccccc2)S1. The topological polar surface area (TPSA) is 0 Å². The van der Waals surface area contributed by atoms with Gasteiger partial charge in [-0.3, -0.25) is 0 Å². The Kier molecular flexibility index (Phi) is 3.67. The molecule has 2 rings (SSSR count).